The van der Waals surface area contributed by atoms with E-state index < -0.39 is 0 Å². The second kappa shape index (κ2) is 7.69. The highest BCUT2D eigenvalue weighted by Gasteiger charge is 2.14. The highest BCUT2D eigenvalue weighted by atomic mass is 16.7. The highest BCUT2D eigenvalue weighted by molar-refractivity contribution is 5.92. The van der Waals surface area contributed by atoms with Crippen molar-refractivity contribution in [1.82, 2.24) is 20.3 Å². The summed E-state index contributed by atoms with van der Waals surface area (Å²) in [4.78, 5) is 24.8. The summed E-state index contributed by atoms with van der Waals surface area (Å²) in [6.07, 6.45) is 4.99. The molecule has 136 valence electrons. The molecular formula is C19H17N5O3. The lowest BCUT2D eigenvalue weighted by Crippen LogP contribution is -2.24. The molecule has 3 aromatic rings. The Kier molecular flexibility index (Phi) is 4.78. The lowest BCUT2D eigenvalue weighted by atomic mass is 10.2. The molecule has 1 aliphatic heterocycles. The summed E-state index contributed by atoms with van der Waals surface area (Å²) in [6.45, 7) is 1.13. The summed E-state index contributed by atoms with van der Waals surface area (Å²) in [6, 6.07) is 10.9. The van der Waals surface area contributed by atoms with Gasteiger partial charge in [-0.05, 0) is 41.5 Å². The molecule has 3 heterocycles. The molecule has 0 bridgehead atoms. The minimum atomic E-state index is -0.276. The molecule has 2 aromatic heterocycles. The maximum Gasteiger partial charge on any atom is 0.270 e. The van der Waals surface area contributed by atoms with E-state index in [9.17, 15) is 4.79 Å². The van der Waals surface area contributed by atoms with Crippen LogP contribution in [0.2, 0.25) is 0 Å². The lowest BCUT2D eigenvalue weighted by molar-refractivity contribution is 0.0946. The Morgan fingerprint density at radius 2 is 1.81 bits per heavy atom. The summed E-state index contributed by atoms with van der Waals surface area (Å²) in [5.41, 5.74) is 2.26. The first-order valence-electron chi connectivity index (χ1n) is 8.40. The lowest BCUT2D eigenvalue weighted by Gasteiger charge is -2.08. The summed E-state index contributed by atoms with van der Waals surface area (Å²) < 4.78 is 10.6. The maximum atomic E-state index is 12.4. The van der Waals surface area contributed by atoms with E-state index in [0.717, 1.165) is 11.1 Å². The van der Waals surface area contributed by atoms with Crippen LogP contribution in [0.3, 0.4) is 0 Å². The number of carbonyl (C=O) groups excluding carboxylic acids is 1. The number of hydrogen-bond donors (Lipinski definition) is 2. The predicted molar refractivity (Wildman–Crippen MR) is 97.3 cm³/mol. The van der Waals surface area contributed by atoms with Crippen LogP contribution in [-0.2, 0) is 13.1 Å². The maximum absolute atomic E-state index is 12.4. The molecule has 4 rings (SSSR count). The van der Waals surface area contributed by atoms with Gasteiger partial charge in [0.05, 0.1) is 0 Å². The third-order valence-electron chi connectivity index (χ3n) is 3.98. The van der Waals surface area contributed by atoms with E-state index in [-0.39, 0.29) is 12.7 Å². The summed E-state index contributed by atoms with van der Waals surface area (Å²) >= 11 is 0. The number of aromatic nitrogens is 3. The fourth-order valence-electron chi connectivity index (χ4n) is 2.58. The van der Waals surface area contributed by atoms with Gasteiger partial charge in [-0.25, -0.2) is 9.97 Å². The zero-order valence-electron chi connectivity index (χ0n) is 14.4. The first kappa shape index (κ1) is 16.8. The molecular weight excluding hydrogens is 346 g/mol. The van der Waals surface area contributed by atoms with Crippen LogP contribution in [0.4, 0.5) is 5.95 Å². The first-order valence-corrected chi connectivity index (χ1v) is 8.40. The summed E-state index contributed by atoms with van der Waals surface area (Å²) in [5.74, 6) is 1.52. The SMILES string of the molecule is O=C(NCc1ccc2c(c1)OCO2)c1ccnc(NCc2ccncc2)n1. The van der Waals surface area contributed by atoms with Crippen molar-refractivity contribution in [1.29, 1.82) is 0 Å². The third kappa shape index (κ3) is 4.12. The number of benzene rings is 1. The van der Waals surface area contributed by atoms with Crippen LogP contribution in [-0.4, -0.2) is 27.7 Å². The first-order chi connectivity index (χ1) is 13.3. The second-order valence-corrected chi connectivity index (χ2v) is 5.84. The van der Waals surface area contributed by atoms with Gasteiger partial charge in [0.1, 0.15) is 5.69 Å². The molecule has 1 aromatic carbocycles. The quantitative estimate of drug-likeness (QED) is 0.692. The van der Waals surface area contributed by atoms with Gasteiger partial charge in [0.2, 0.25) is 12.7 Å². The molecule has 1 aliphatic rings. The van der Waals surface area contributed by atoms with Gasteiger partial charge in [-0.2, -0.15) is 0 Å². The van der Waals surface area contributed by atoms with Crippen LogP contribution in [0.25, 0.3) is 0 Å². The molecule has 0 radical (unpaired) electrons. The van der Waals surface area contributed by atoms with E-state index in [1.54, 1.807) is 24.7 Å². The molecule has 27 heavy (non-hydrogen) atoms. The molecule has 0 fully saturated rings. The molecule has 0 saturated carbocycles. The fraction of sp³-hybridized carbons (Fsp3) is 0.158. The van der Waals surface area contributed by atoms with Gasteiger partial charge in [-0.3, -0.25) is 9.78 Å². The molecule has 0 spiro atoms. The highest BCUT2D eigenvalue weighted by Crippen LogP contribution is 2.32. The Morgan fingerprint density at radius 1 is 0.963 bits per heavy atom. The Hall–Kier alpha value is -3.68. The van der Waals surface area contributed by atoms with Gasteiger partial charge in [-0.1, -0.05) is 6.07 Å². The minimum absolute atomic E-state index is 0.224. The van der Waals surface area contributed by atoms with Crippen molar-refractivity contribution in [3.05, 3.63) is 71.8 Å². The van der Waals surface area contributed by atoms with Crippen molar-refractivity contribution in [2.75, 3.05) is 12.1 Å². The molecule has 0 atom stereocenters. The predicted octanol–water partition coefficient (Wildman–Crippen LogP) is 2.14. The van der Waals surface area contributed by atoms with Gasteiger partial charge >= 0.3 is 0 Å². The smallest absolute Gasteiger partial charge is 0.270 e. The Balaban J connectivity index is 1.36. The summed E-state index contributed by atoms with van der Waals surface area (Å²) in [7, 11) is 0. The largest absolute Gasteiger partial charge is 0.454 e. The Bertz CT molecular complexity index is 949. The average Bonchev–Trinajstić information content (AvgIpc) is 3.19. The van der Waals surface area contributed by atoms with Gasteiger partial charge in [0.25, 0.3) is 5.91 Å². The van der Waals surface area contributed by atoms with Crippen LogP contribution in [0.5, 0.6) is 11.5 Å². The van der Waals surface area contributed by atoms with Crippen LogP contribution >= 0.6 is 0 Å². The van der Waals surface area contributed by atoms with Crippen LogP contribution < -0.4 is 20.1 Å². The molecule has 2 N–H and O–H groups in total. The zero-order valence-corrected chi connectivity index (χ0v) is 14.4. The van der Waals surface area contributed by atoms with E-state index in [1.165, 1.54) is 0 Å². The second-order valence-electron chi connectivity index (χ2n) is 5.84. The van der Waals surface area contributed by atoms with E-state index in [0.29, 0.717) is 36.2 Å². The molecule has 0 aliphatic carbocycles. The molecule has 1 amide bonds. The van der Waals surface area contributed by atoms with Crippen molar-refractivity contribution in [3.63, 3.8) is 0 Å². The van der Waals surface area contributed by atoms with Gasteiger partial charge in [0.15, 0.2) is 11.5 Å². The van der Waals surface area contributed by atoms with Gasteiger partial charge in [0, 0.05) is 31.7 Å². The van der Waals surface area contributed by atoms with Crippen LogP contribution in [0.1, 0.15) is 21.6 Å². The van der Waals surface area contributed by atoms with Crippen molar-refractivity contribution >= 4 is 11.9 Å². The van der Waals surface area contributed by atoms with Crippen molar-refractivity contribution in [2.24, 2.45) is 0 Å². The molecule has 8 nitrogen and oxygen atoms in total. The number of fused-ring (bicyclic) bond motifs is 1. The normalized spacial score (nSPS) is 11.9. The fourth-order valence-corrected chi connectivity index (χ4v) is 2.58. The van der Waals surface area contributed by atoms with E-state index in [1.807, 2.05) is 30.3 Å². The topological polar surface area (TPSA) is 98.3 Å². The number of carbonyl (C=O) groups is 1. The number of pyridine rings is 1. The van der Waals surface area contributed by atoms with E-state index in [2.05, 4.69) is 25.6 Å². The van der Waals surface area contributed by atoms with E-state index in [4.69, 9.17) is 9.47 Å². The molecule has 0 unspecified atom stereocenters. The van der Waals surface area contributed by atoms with Gasteiger partial charge in [-0.15, -0.1) is 0 Å². The third-order valence-corrected chi connectivity index (χ3v) is 3.98. The number of anilines is 1. The number of nitrogens with zero attached hydrogens (tertiary/aromatic N) is 3. The monoisotopic (exact) mass is 363 g/mol. The van der Waals surface area contributed by atoms with Crippen molar-refractivity contribution in [3.8, 4) is 11.5 Å². The Labute approximate surface area is 155 Å². The van der Waals surface area contributed by atoms with E-state index >= 15 is 0 Å². The van der Waals surface area contributed by atoms with Crippen molar-refractivity contribution in [2.45, 2.75) is 13.1 Å². The zero-order chi connectivity index (χ0) is 18.5. The van der Waals surface area contributed by atoms with Crippen LogP contribution in [0.15, 0.2) is 55.0 Å². The molecule has 8 heteroatoms. The number of nitrogens with one attached hydrogen (secondary N) is 2. The number of amides is 1. The molecule has 0 saturated heterocycles. The summed E-state index contributed by atoms with van der Waals surface area (Å²) in [5, 5.41) is 5.94. The number of ether oxygens (including phenoxy) is 2. The standard InChI is InChI=1S/C19H17N5O3/c25-18(22-11-14-1-2-16-17(9-14)27-12-26-16)15-5-8-21-19(24-15)23-10-13-3-6-20-7-4-13/h1-9H,10-12H2,(H,22,25)(H,21,23,24). The van der Waals surface area contributed by atoms with Crippen LogP contribution in [0, 0.1) is 0 Å². The van der Waals surface area contributed by atoms with Crippen molar-refractivity contribution < 1.29 is 14.3 Å². The number of hydrogen-bond acceptors (Lipinski definition) is 7. The Morgan fingerprint density at radius 3 is 2.70 bits per heavy atom. The average molecular weight is 363 g/mol. The van der Waals surface area contributed by atoms with Gasteiger partial charge < -0.3 is 20.1 Å². The minimum Gasteiger partial charge on any atom is -0.454 e. The number of rotatable bonds is 6.